The smallest absolute Gasteiger partial charge is 0.324 e. The monoisotopic (exact) mass is 313 g/mol. The molecule has 23 heavy (non-hydrogen) atoms. The third-order valence-electron chi connectivity index (χ3n) is 3.70. The lowest BCUT2D eigenvalue weighted by Crippen LogP contribution is -2.21. The van der Waals surface area contributed by atoms with Crippen LogP contribution in [-0.4, -0.2) is 19.6 Å². The quantitative estimate of drug-likeness (QED) is 0.556. The highest BCUT2D eigenvalue weighted by Gasteiger charge is 2.30. The van der Waals surface area contributed by atoms with Crippen molar-refractivity contribution in [1.29, 1.82) is 10.5 Å². The Labute approximate surface area is 137 Å². The van der Waals surface area contributed by atoms with Crippen molar-refractivity contribution in [2.75, 3.05) is 19.0 Å². The number of nitrogens with one attached hydrogen (secondary N) is 1. The molecule has 0 spiro atoms. The fourth-order valence-electron chi connectivity index (χ4n) is 2.32. The number of unbranched alkanes of at least 4 members (excludes halogenated alkanes) is 3. The molecule has 122 valence electrons. The van der Waals surface area contributed by atoms with Crippen LogP contribution < -0.4 is 5.32 Å². The molecule has 0 amide bonds. The molecule has 0 aliphatic carbocycles. The number of anilines is 1. The fraction of sp³-hybridized carbons (Fsp3) is 0.500. The van der Waals surface area contributed by atoms with E-state index < -0.39 is 17.8 Å². The van der Waals surface area contributed by atoms with Crippen LogP contribution in [0.3, 0.4) is 0 Å². The number of nitrogens with zero attached hydrogens (tertiary/aromatic N) is 2. The molecule has 2 unspecified atom stereocenters. The fourth-order valence-corrected chi connectivity index (χ4v) is 2.32. The van der Waals surface area contributed by atoms with Gasteiger partial charge in [0, 0.05) is 12.2 Å². The Bertz CT molecular complexity index is 569. The van der Waals surface area contributed by atoms with Gasteiger partial charge in [0.25, 0.3) is 0 Å². The van der Waals surface area contributed by atoms with Gasteiger partial charge < -0.3 is 10.1 Å². The number of rotatable bonds is 9. The second-order valence-electron chi connectivity index (χ2n) is 5.35. The molecule has 0 fully saturated rings. The van der Waals surface area contributed by atoms with Gasteiger partial charge in [-0.3, -0.25) is 4.79 Å². The summed E-state index contributed by atoms with van der Waals surface area (Å²) in [6.45, 7) is 3.09. The van der Waals surface area contributed by atoms with Crippen LogP contribution >= 0.6 is 0 Å². The molecular weight excluding hydrogens is 290 g/mol. The average molecular weight is 313 g/mol. The maximum absolute atomic E-state index is 11.6. The van der Waals surface area contributed by atoms with Crippen molar-refractivity contribution in [3.63, 3.8) is 0 Å². The molecule has 0 saturated heterocycles. The maximum atomic E-state index is 11.6. The van der Waals surface area contributed by atoms with Gasteiger partial charge in [0.1, 0.15) is 0 Å². The van der Waals surface area contributed by atoms with E-state index in [1.165, 1.54) is 26.4 Å². The number of benzene rings is 1. The first-order chi connectivity index (χ1) is 11.2. The minimum Gasteiger partial charge on any atom is -0.468 e. The normalized spacial score (nSPS) is 12.5. The van der Waals surface area contributed by atoms with Gasteiger partial charge in [0.2, 0.25) is 0 Å². The van der Waals surface area contributed by atoms with Crippen LogP contribution in [0, 0.1) is 28.6 Å². The molecule has 0 radical (unpaired) electrons. The molecule has 0 saturated carbocycles. The summed E-state index contributed by atoms with van der Waals surface area (Å²) >= 11 is 0. The van der Waals surface area contributed by atoms with Gasteiger partial charge in [0.15, 0.2) is 5.92 Å². The number of ether oxygens (including phenoxy) is 1. The van der Waals surface area contributed by atoms with Gasteiger partial charge in [0.05, 0.1) is 25.2 Å². The van der Waals surface area contributed by atoms with Gasteiger partial charge in [-0.05, 0) is 24.1 Å². The molecule has 0 aliphatic rings. The third kappa shape index (κ3) is 5.64. The van der Waals surface area contributed by atoms with Crippen LogP contribution in [0.5, 0.6) is 0 Å². The van der Waals surface area contributed by atoms with Gasteiger partial charge in [-0.1, -0.05) is 38.3 Å². The van der Waals surface area contributed by atoms with Crippen LogP contribution in [0.25, 0.3) is 0 Å². The van der Waals surface area contributed by atoms with E-state index in [9.17, 15) is 10.1 Å². The molecule has 1 aromatic carbocycles. The summed E-state index contributed by atoms with van der Waals surface area (Å²) in [6.07, 6.45) is 4.79. The van der Waals surface area contributed by atoms with E-state index in [0.717, 1.165) is 18.7 Å². The number of esters is 1. The number of carbonyl (C=O) groups is 1. The van der Waals surface area contributed by atoms with E-state index in [-0.39, 0.29) is 0 Å². The van der Waals surface area contributed by atoms with Crippen LogP contribution in [0.1, 0.15) is 44.1 Å². The Kier molecular flexibility index (Phi) is 8.24. The molecule has 0 bridgehead atoms. The molecule has 1 rings (SSSR count). The Balaban J connectivity index is 2.68. The SMILES string of the molecule is CCCCCCNc1ccc(C(C#N)C(C#N)C(=O)OC)cc1. The second-order valence-corrected chi connectivity index (χ2v) is 5.35. The van der Waals surface area contributed by atoms with Crippen LogP contribution in [0.2, 0.25) is 0 Å². The Morgan fingerprint density at radius 2 is 1.87 bits per heavy atom. The Morgan fingerprint density at radius 1 is 1.17 bits per heavy atom. The zero-order valence-electron chi connectivity index (χ0n) is 13.7. The molecule has 2 atom stereocenters. The molecule has 0 aromatic heterocycles. The van der Waals surface area contributed by atoms with Gasteiger partial charge in [-0.25, -0.2) is 0 Å². The standard InChI is InChI=1S/C18H23N3O2/c1-3-4-5-6-11-21-15-9-7-14(8-10-15)16(12-19)17(13-20)18(22)23-2/h7-10,16-17,21H,3-6,11H2,1-2H3. The summed E-state index contributed by atoms with van der Waals surface area (Å²) in [7, 11) is 1.21. The first-order valence-corrected chi connectivity index (χ1v) is 7.88. The van der Waals surface area contributed by atoms with Crippen molar-refractivity contribution in [1.82, 2.24) is 0 Å². The zero-order chi connectivity index (χ0) is 17.1. The van der Waals surface area contributed by atoms with Crippen LogP contribution in [0.4, 0.5) is 5.69 Å². The minimum absolute atomic E-state index is 0.640. The predicted octanol–water partition coefficient (Wildman–Crippen LogP) is 3.60. The van der Waals surface area contributed by atoms with Gasteiger partial charge >= 0.3 is 5.97 Å². The van der Waals surface area contributed by atoms with Crippen molar-refractivity contribution in [2.45, 2.75) is 38.5 Å². The van der Waals surface area contributed by atoms with E-state index in [1.54, 1.807) is 12.1 Å². The number of nitriles is 2. The summed E-state index contributed by atoms with van der Waals surface area (Å²) in [5.41, 5.74) is 1.61. The van der Waals surface area contributed by atoms with Crippen LogP contribution in [0.15, 0.2) is 24.3 Å². The number of hydrogen-bond acceptors (Lipinski definition) is 5. The number of carbonyl (C=O) groups excluding carboxylic acids is 1. The predicted molar refractivity (Wildman–Crippen MR) is 88.5 cm³/mol. The Morgan fingerprint density at radius 3 is 2.39 bits per heavy atom. The molecule has 5 nitrogen and oxygen atoms in total. The largest absolute Gasteiger partial charge is 0.468 e. The second kappa shape index (κ2) is 10.2. The lowest BCUT2D eigenvalue weighted by Gasteiger charge is -2.14. The average Bonchev–Trinajstić information content (AvgIpc) is 2.59. The van der Waals surface area contributed by atoms with E-state index in [2.05, 4.69) is 17.0 Å². The van der Waals surface area contributed by atoms with Crippen molar-refractivity contribution in [3.8, 4) is 12.1 Å². The maximum Gasteiger partial charge on any atom is 0.324 e. The molecular formula is C18H23N3O2. The molecule has 1 aromatic rings. The number of methoxy groups -OCH3 is 1. The van der Waals surface area contributed by atoms with E-state index >= 15 is 0 Å². The van der Waals surface area contributed by atoms with E-state index in [1.807, 2.05) is 24.3 Å². The summed E-state index contributed by atoms with van der Waals surface area (Å²) in [4.78, 5) is 11.6. The van der Waals surface area contributed by atoms with Crippen molar-refractivity contribution < 1.29 is 9.53 Å². The summed E-state index contributed by atoms with van der Waals surface area (Å²) < 4.78 is 4.59. The summed E-state index contributed by atoms with van der Waals surface area (Å²) in [6, 6.07) is 11.2. The van der Waals surface area contributed by atoms with E-state index in [4.69, 9.17) is 5.26 Å². The lowest BCUT2D eigenvalue weighted by molar-refractivity contribution is -0.143. The van der Waals surface area contributed by atoms with Crippen molar-refractivity contribution in [2.24, 2.45) is 5.92 Å². The highest BCUT2D eigenvalue weighted by Crippen LogP contribution is 2.26. The van der Waals surface area contributed by atoms with Gasteiger partial charge in [-0.15, -0.1) is 0 Å². The van der Waals surface area contributed by atoms with Crippen molar-refractivity contribution >= 4 is 11.7 Å². The van der Waals surface area contributed by atoms with Crippen molar-refractivity contribution in [3.05, 3.63) is 29.8 Å². The summed E-state index contributed by atoms with van der Waals surface area (Å²) in [5.74, 6) is -2.62. The number of hydrogen-bond donors (Lipinski definition) is 1. The van der Waals surface area contributed by atoms with E-state index in [0.29, 0.717) is 5.56 Å². The first kappa shape index (κ1) is 18.5. The minimum atomic E-state index is -1.11. The topological polar surface area (TPSA) is 85.9 Å². The summed E-state index contributed by atoms with van der Waals surface area (Å²) in [5, 5.41) is 21.7. The van der Waals surface area contributed by atoms with Gasteiger partial charge in [-0.2, -0.15) is 10.5 Å². The molecule has 0 aliphatic heterocycles. The molecule has 5 heteroatoms. The zero-order valence-corrected chi connectivity index (χ0v) is 13.7. The third-order valence-corrected chi connectivity index (χ3v) is 3.70. The van der Waals surface area contributed by atoms with Crippen LogP contribution in [-0.2, 0) is 9.53 Å². The molecule has 1 N–H and O–H groups in total. The lowest BCUT2D eigenvalue weighted by atomic mass is 9.88. The Hall–Kier alpha value is -2.53. The highest BCUT2D eigenvalue weighted by molar-refractivity contribution is 5.77. The first-order valence-electron chi connectivity index (χ1n) is 7.88. The molecule has 0 heterocycles. The highest BCUT2D eigenvalue weighted by atomic mass is 16.5.